The highest BCUT2D eigenvalue weighted by Crippen LogP contribution is 2.23. The number of hydrogen-bond donors (Lipinski definition) is 1. The van der Waals surface area contributed by atoms with Gasteiger partial charge < -0.3 is 14.7 Å². The van der Waals surface area contributed by atoms with E-state index in [1.165, 1.54) is 10.3 Å². The summed E-state index contributed by atoms with van der Waals surface area (Å²) in [5.41, 5.74) is 3.58. The highest BCUT2D eigenvalue weighted by atomic mass is 16.5. The van der Waals surface area contributed by atoms with Crippen LogP contribution in [0, 0.1) is 6.92 Å². The minimum Gasteiger partial charge on any atom is -0.388 e. The van der Waals surface area contributed by atoms with Gasteiger partial charge in [-0.15, -0.1) is 5.10 Å². The van der Waals surface area contributed by atoms with Crippen molar-refractivity contribution in [2.75, 3.05) is 26.3 Å². The smallest absolute Gasteiger partial charge is 0.276 e. The standard InChI is InChI=1S/C18H21N5O3/c1-12-2-3-14(8-19-12)13-4-6-22(7-5-13)18(25)15-9-23(21-20-15)16-10-26-11-17(16)24/h2-4,8-9,16-17,24H,5-7,10-11H2,1H3/t16-,17-/m1/s1. The summed E-state index contributed by atoms with van der Waals surface area (Å²) in [6.45, 7) is 3.77. The number of aromatic nitrogens is 4. The van der Waals surface area contributed by atoms with Crippen molar-refractivity contribution in [3.63, 3.8) is 0 Å². The van der Waals surface area contributed by atoms with Gasteiger partial charge in [-0.1, -0.05) is 17.4 Å². The quantitative estimate of drug-likeness (QED) is 0.877. The Kier molecular flexibility index (Phi) is 4.52. The third kappa shape index (κ3) is 3.25. The van der Waals surface area contributed by atoms with Gasteiger partial charge in [0.2, 0.25) is 0 Å². The summed E-state index contributed by atoms with van der Waals surface area (Å²) in [5, 5.41) is 17.8. The molecule has 2 aliphatic rings. The lowest BCUT2D eigenvalue weighted by Crippen LogP contribution is -2.35. The summed E-state index contributed by atoms with van der Waals surface area (Å²) in [6, 6.07) is 3.77. The van der Waals surface area contributed by atoms with Gasteiger partial charge in [0.05, 0.1) is 19.4 Å². The average Bonchev–Trinajstić information content (AvgIpc) is 3.31. The van der Waals surface area contributed by atoms with Crippen LogP contribution >= 0.6 is 0 Å². The lowest BCUT2D eigenvalue weighted by molar-refractivity contribution is 0.0766. The molecule has 0 spiro atoms. The van der Waals surface area contributed by atoms with E-state index in [-0.39, 0.29) is 24.2 Å². The number of aryl methyl sites for hydroxylation is 1. The zero-order valence-corrected chi connectivity index (χ0v) is 14.6. The van der Waals surface area contributed by atoms with Gasteiger partial charge in [-0.05, 0) is 30.5 Å². The van der Waals surface area contributed by atoms with E-state index in [9.17, 15) is 9.90 Å². The Morgan fingerprint density at radius 3 is 2.88 bits per heavy atom. The zero-order chi connectivity index (χ0) is 18.1. The SMILES string of the molecule is Cc1ccc(C2=CCN(C(=O)c3cn([C@@H]4COC[C@H]4O)nn3)CC2)cn1. The number of ether oxygens (including phenoxy) is 1. The van der Waals surface area contributed by atoms with Gasteiger partial charge in [0.15, 0.2) is 5.69 Å². The fourth-order valence-electron chi connectivity index (χ4n) is 3.26. The molecule has 1 amide bonds. The second-order valence-electron chi connectivity index (χ2n) is 6.67. The first-order valence-electron chi connectivity index (χ1n) is 8.71. The number of pyridine rings is 1. The van der Waals surface area contributed by atoms with Crippen LogP contribution in [0.15, 0.2) is 30.6 Å². The van der Waals surface area contributed by atoms with Crippen molar-refractivity contribution in [3.8, 4) is 0 Å². The normalized spacial score (nSPS) is 23.2. The molecule has 8 nitrogen and oxygen atoms in total. The van der Waals surface area contributed by atoms with E-state index >= 15 is 0 Å². The first-order chi connectivity index (χ1) is 12.6. The molecular formula is C18H21N5O3. The second kappa shape index (κ2) is 6.97. The molecule has 2 aromatic rings. The third-order valence-corrected chi connectivity index (χ3v) is 4.87. The first kappa shape index (κ1) is 16.9. The molecule has 0 radical (unpaired) electrons. The van der Waals surface area contributed by atoms with Crippen LogP contribution in [0.5, 0.6) is 0 Å². The van der Waals surface area contributed by atoms with Crippen molar-refractivity contribution >= 4 is 11.5 Å². The molecule has 0 unspecified atom stereocenters. The van der Waals surface area contributed by atoms with E-state index in [4.69, 9.17) is 4.74 Å². The van der Waals surface area contributed by atoms with Gasteiger partial charge in [-0.2, -0.15) is 0 Å². The average molecular weight is 355 g/mol. The van der Waals surface area contributed by atoms with Gasteiger partial charge in [0.25, 0.3) is 5.91 Å². The van der Waals surface area contributed by atoms with E-state index < -0.39 is 6.10 Å². The van der Waals surface area contributed by atoms with Crippen LogP contribution < -0.4 is 0 Å². The number of nitrogens with zero attached hydrogens (tertiary/aromatic N) is 5. The Balaban J connectivity index is 1.43. The molecule has 8 heteroatoms. The first-order valence-corrected chi connectivity index (χ1v) is 8.71. The summed E-state index contributed by atoms with van der Waals surface area (Å²) in [6.07, 6.45) is 5.68. The molecule has 0 bridgehead atoms. The molecule has 0 aliphatic carbocycles. The van der Waals surface area contributed by atoms with Crippen molar-refractivity contribution in [2.24, 2.45) is 0 Å². The highest BCUT2D eigenvalue weighted by molar-refractivity contribution is 5.92. The number of hydrogen-bond acceptors (Lipinski definition) is 6. The molecule has 4 heterocycles. The summed E-state index contributed by atoms with van der Waals surface area (Å²) in [5.74, 6) is -0.151. The van der Waals surface area contributed by atoms with Crippen LogP contribution in [0.4, 0.5) is 0 Å². The van der Waals surface area contributed by atoms with Gasteiger partial charge in [-0.3, -0.25) is 9.78 Å². The summed E-state index contributed by atoms with van der Waals surface area (Å²) < 4.78 is 6.75. The number of aliphatic hydroxyl groups is 1. The molecule has 0 saturated carbocycles. The number of carbonyl (C=O) groups excluding carboxylic acids is 1. The van der Waals surface area contributed by atoms with E-state index in [0.29, 0.717) is 19.7 Å². The van der Waals surface area contributed by atoms with Crippen molar-refractivity contribution in [1.29, 1.82) is 0 Å². The van der Waals surface area contributed by atoms with E-state index in [1.807, 2.05) is 19.2 Å². The third-order valence-electron chi connectivity index (χ3n) is 4.87. The topological polar surface area (TPSA) is 93.4 Å². The summed E-state index contributed by atoms with van der Waals surface area (Å²) in [4.78, 5) is 18.8. The zero-order valence-electron chi connectivity index (χ0n) is 14.6. The molecule has 4 rings (SSSR count). The van der Waals surface area contributed by atoms with E-state index in [0.717, 1.165) is 17.7 Å². The van der Waals surface area contributed by atoms with Gasteiger partial charge in [0.1, 0.15) is 12.1 Å². The summed E-state index contributed by atoms with van der Waals surface area (Å²) >= 11 is 0. The van der Waals surface area contributed by atoms with Crippen LogP contribution in [-0.2, 0) is 4.74 Å². The number of carbonyl (C=O) groups is 1. The van der Waals surface area contributed by atoms with Crippen LogP contribution in [0.1, 0.15) is 34.2 Å². The largest absolute Gasteiger partial charge is 0.388 e. The molecule has 1 fully saturated rings. The Bertz CT molecular complexity index is 830. The maximum absolute atomic E-state index is 12.7. The van der Waals surface area contributed by atoms with Crippen molar-refractivity contribution in [1.82, 2.24) is 24.9 Å². The Morgan fingerprint density at radius 1 is 1.35 bits per heavy atom. The molecule has 1 saturated heterocycles. The van der Waals surface area contributed by atoms with Gasteiger partial charge >= 0.3 is 0 Å². The monoisotopic (exact) mass is 355 g/mol. The Hall–Kier alpha value is -2.58. The second-order valence-corrected chi connectivity index (χ2v) is 6.67. The van der Waals surface area contributed by atoms with Crippen LogP contribution in [-0.4, -0.2) is 68.3 Å². The fourth-order valence-corrected chi connectivity index (χ4v) is 3.26. The Morgan fingerprint density at radius 2 is 2.23 bits per heavy atom. The van der Waals surface area contributed by atoms with E-state index in [2.05, 4.69) is 27.4 Å². The molecule has 26 heavy (non-hydrogen) atoms. The molecule has 2 aromatic heterocycles. The van der Waals surface area contributed by atoms with Gasteiger partial charge in [0, 0.05) is 25.0 Å². The van der Waals surface area contributed by atoms with Crippen LogP contribution in [0.25, 0.3) is 5.57 Å². The van der Waals surface area contributed by atoms with Crippen molar-refractivity contribution < 1.29 is 14.6 Å². The molecule has 0 aromatic carbocycles. The highest BCUT2D eigenvalue weighted by Gasteiger charge is 2.30. The molecule has 1 N–H and O–H groups in total. The summed E-state index contributed by atoms with van der Waals surface area (Å²) in [7, 11) is 0. The lowest BCUT2D eigenvalue weighted by Gasteiger charge is -2.25. The molecular weight excluding hydrogens is 334 g/mol. The lowest BCUT2D eigenvalue weighted by atomic mass is 10.0. The maximum atomic E-state index is 12.7. The predicted molar refractivity (Wildman–Crippen MR) is 93.4 cm³/mol. The minimum absolute atomic E-state index is 0.151. The van der Waals surface area contributed by atoms with Gasteiger partial charge in [-0.25, -0.2) is 4.68 Å². The van der Waals surface area contributed by atoms with Crippen molar-refractivity contribution in [2.45, 2.75) is 25.5 Å². The van der Waals surface area contributed by atoms with Crippen LogP contribution in [0.3, 0.4) is 0 Å². The molecule has 2 atom stereocenters. The minimum atomic E-state index is -0.622. The number of amides is 1. The molecule has 2 aliphatic heterocycles. The predicted octanol–water partition coefficient (Wildman–Crippen LogP) is 0.843. The van der Waals surface area contributed by atoms with Crippen molar-refractivity contribution in [3.05, 3.63) is 47.6 Å². The maximum Gasteiger partial charge on any atom is 0.276 e. The van der Waals surface area contributed by atoms with Crippen LogP contribution in [0.2, 0.25) is 0 Å². The fraction of sp³-hybridized carbons (Fsp3) is 0.444. The molecule has 136 valence electrons. The number of rotatable bonds is 3. The number of aliphatic hydroxyl groups excluding tert-OH is 1. The Labute approximate surface area is 151 Å². The van der Waals surface area contributed by atoms with E-state index in [1.54, 1.807) is 11.1 Å².